The van der Waals surface area contributed by atoms with Crippen LogP contribution in [0.4, 0.5) is 4.79 Å². The minimum Gasteiger partial charge on any atom is -0.481 e. The number of benzene rings is 3. The van der Waals surface area contributed by atoms with Crippen LogP contribution >= 0.6 is 0 Å². The fraction of sp³-hybridized carbons (Fsp3) is 0.231. The highest BCUT2D eigenvalue weighted by Gasteiger charge is 2.30. The number of amides is 1. The standard InChI is InChI=1S/C26H25NO5/c28-24(15-25(29)30)23(14-17-8-2-1-3-9-17)27-26(31)32-16-22-20-12-6-4-10-18(20)19-11-5-7-13-21(19)22/h1-13,22-24,28H,14-16H2,(H,27,31)(H,29,30)/t23-,24+/m1/s1. The van der Waals surface area contributed by atoms with E-state index in [1.165, 1.54) is 0 Å². The van der Waals surface area contributed by atoms with Gasteiger partial charge in [0.2, 0.25) is 0 Å². The lowest BCUT2D eigenvalue weighted by Gasteiger charge is -2.24. The molecule has 0 fully saturated rings. The van der Waals surface area contributed by atoms with Crippen molar-refractivity contribution in [1.82, 2.24) is 5.32 Å². The Balaban J connectivity index is 1.45. The lowest BCUT2D eigenvalue weighted by Crippen LogP contribution is -2.46. The summed E-state index contributed by atoms with van der Waals surface area (Å²) in [4.78, 5) is 23.7. The van der Waals surface area contributed by atoms with E-state index in [1.54, 1.807) is 0 Å². The Morgan fingerprint density at radius 3 is 2.03 bits per heavy atom. The number of hydrogen-bond donors (Lipinski definition) is 3. The molecule has 0 spiro atoms. The lowest BCUT2D eigenvalue weighted by molar-refractivity contribution is -0.139. The minimum atomic E-state index is -1.24. The molecule has 0 bridgehead atoms. The molecule has 0 unspecified atom stereocenters. The third-order valence-electron chi connectivity index (χ3n) is 5.79. The summed E-state index contributed by atoms with van der Waals surface area (Å²) in [5.41, 5.74) is 5.36. The van der Waals surface area contributed by atoms with Crippen LogP contribution < -0.4 is 5.32 Å². The van der Waals surface area contributed by atoms with Gasteiger partial charge in [0.05, 0.1) is 18.6 Å². The number of carboxylic acids is 1. The second-order valence-electron chi connectivity index (χ2n) is 7.93. The van der Waals surface area contributed by atoms with E-state index in [0.29, 0.717) is 6.42 Å². The molecular formula is C26H25NO5. The molecule has 3 aromatic rings. The van der Waals surface area contributed by atoms with Crippen molar-refractivity contribution < 1.29 is 24.5 Å². The molecule has 0 saturated heterocycles. The average Bonchev–Trinajstić information content (AvgIpc) is 3.11. The van der Waals surface area contributed by atoms with Crippen molar-refractivity contribution in [3.8, 4) is 11.1 Å². The molecule has 0 radical (unpaired) electrons. The monoisotopic (exact) mass is 431 g/mol. The van der Waals surface area contributed by atoms with Gasteiger partial charge < -0.3 is 20.3 Å². The molecule has 2 atom stereocenters. The smallest absolute Gasteiger partial charge is 0.407 e. The number of carbonyl (C=O) groups is 2. The fourth-order valence-corrected chi connectivity index (χ4v) is 4.26. The van der Waals surface area contributed by atoms with Crippen molar-refractivity contribution in [2.75, 3.05) is 6.61 Å². The number of ether oxygens (including phenoxy) is 1. The van der Waals surface area contributed by atoms with Crippen LogP contribution in [-0.4, -0.2) is 41.0 Å². The van der Waals surface area contributed by atoms with E-state index in [9.17, 15) is 14.7 Å². The summed E-state index contributed by atoms with van der Waals surface area (Å²) < 4.78 is 5.55. The van der Waals surface area contributed by atoms with Gasteiger partial charge in [-0.15, -0.1) is 0 Å². The van der Waals surface area contributed by atoms with Crippen LogP contribution in [0.15, 0.2) is 78.9 Å². The molecule has 1 amide bonds. The number of aliphatic hydroxyl groups is 1. The van der Waals surface area contributed by atoms with E-state index in [-0.39, 0.29) is 12.5 Å². The number of aliphatic hydroxyl groups excluding tert-OH is 1. The predicted molar refractivity (Wildman–Crippen MR) is 120 cm³/mol. The first-order valence-corrected chi connectivity index (χ1v) is 10.6. The Labute approximate surface area is 186 Å². The summed E-state index contributed by atoms with van der Waals surface area (Å²) in [7, 11) is 0. The third kappa shape index (κ3) is 4.81. The van der Waals surface area contributed by atoms with E-state index in [4.69, 9.17) is 9.84 Å². The molecule has 4 rings (SSSR count). The molecular weight excluding hydrogens is 406 g/mol. The summed E-state index contributed by atoms with van der Waals surface area (Å²) in [5, 5.41) is 22.1. The Morgan fingerprint density at radius 2 is 1.44 bits per heavy atom. The van der Waals surface area contributed by atoms with E-state index in [0.717, 1.165) is 27.8 Å². The third-order valence-corrected chi connectivity index (χ3v) is 5.79. The largest absolute Gasteiger partial charge is 0.481 e. The van der Waals surface area contributed by atoms with E-state index < -0.39 is 30.6 Å². The number of hydrogen-bond acceptors (Lipinski definition) is 4. The first-order chi connectivity index (χ1) is 15.5. The number of fused-ring (bicyclic) bond motifs is 3. The van der Waals surface area contributed by atoms with Crippen molar-refractivity contribution in [3.05, 3.63) is 95.6 Å². The molecule has 3 N–H and O–H groups in total. The summed E-state index contributed by atoms with van der Waals surface area (Å²) in [6.07, 6.45) is -2.11. The van der Waals surface area contributed by atoms with E-state index in [2.05, 4.69) is 17.4 Å². The number of aliphatic carboxylic acids is 1. The second kappa shape index (κ2) is 9.66. The Bertz CT molecular complexity index is 1050. The van der Waals surface area contributed by atoms with Crippen LogP contribution in [0, 0.1) is 0 Å². The van der Waals surface area contributed by atoms with Gasteiger partial charge >= 0.3 is 12.1 Å². The SMILES string of the molecule is O=C(O)C[C@H](O)[C@@H](Cc1ccccc1)NC(=O)OCC1c2ccccc2-c2ccccc21. The minimum absolute atomic E-state index is 0.0790. The van der Waals surface area contributed by atoms with Gasteiger partial charge in [0.25, 0.3) is 0 Å². The highest BCUT2D eigenvalue weighted by molar-refractivity contribution is 5.79. The van der Waals surface area contributed by atoms with E-state index >= 15 is 0 Å². The van der Waals surface area contributed by atoms with Crippen LogP contribution in [0.2, 0.25) is 0 Å². The van der Waals surface area contributed by atoms with Crippen molar-refractivity contribution >= 4 is 12.1 Å². The Kier molecular flexibility index (Phi) is 6.52. The van der Waals surface area contributed by atoms with Crippen LogP contribution in [0.5, 0.6) is 0 Å². The second-order valence-corrected chi connectivity index (χ2v) is 7.93. The quantitative estimate of drug-likeness (QED) is 0.502. The van der Waals surface area contributed by atoms with Crippen molar-refractivity contribution in [3.63, 3.8) is 0 Å². The van der Waals surface area contributed by atoms with Crippen LogP contribution in [0.3, 0.4) is 0 Å². The molecule has 164 valence electrons. The highest BCUT2D eigenvalue weighted by Crippen LogP contribution is 2.44. The van der Waals surface area contributed by atoms with Gasteiger partial charge in [0.1, 0.15) is 6.61 Å². The zero-order valence-electron chi connectivity index (χ0n) is 17.5. The maximum atomic E-state index is 12.6. The molecule has 32 heavy (non-hydrogen) atoms. The Morgan fingerprint density at radius 1 is 0.875 bits per heavy atom. The van der Waals surface area contributed by atoms with Crippen LogP contribution in [0.25, 0.3) is 11.1 Å². The number of nitrogens with one attached hydrogen (secondary N) is 1. The van der Waals surface area contributed by atoms with Crippen LogP contribution in [0.1, 0.15) is 29.0 Å². The number of alkyl carbamates (subject to hydrolysis) is 1. The zero-order chi connectivity index (χ0) is 22.5. The predicted octanol–water partition coefficient (Wildman–Crippen LogP) is 3.97. The zero-order valence-corrected chi connectivity index (χ0v) is 17.5. The van der Waals surface area contributed by atoms with E-state index in [1.807, 2.05) is 66.7 Å². The molecule has 1 aliphatic rings. The van der Waals surface area contributed by atoms with Crippen molar-refractivity contribution in [1.29, 1.82) is 0 Å². The maximum Gasteiger partial charge on any atom is 0.407 e. The number of carboxylic acid groups (broad SMARTS) is 1. The molecule has 0 aliphatic heterocycles. The number of rotatable bonds is 8. The topological polar surface area (TPSA) is 95.9 Å². The van der Waals surface area contributed by atoms with Gasteiger partial charge in [0, 0.05) is 5.92 Å². The molecule has 1 aliphatic carbocycles. The average molecular weight is 431 g/mol. The van der Waals surface area contributed by atoms with Gasteiger partial charge in [0.15, 0.2) is 0 Å². The first-order valence-electron chi connectivity index (χ1n) is 10.6. The van der Waals surface area contributed by atoms with Gasteiger partial charge in [-0.3, -0.25) is 4.79 Å². The summed E-state index contributed by atoms with van der Waals surface area (Å²) in [6, 6.07) is 24.6. The summed E-state index contributed by atoms with van der Waals surface area (Å²) in [6.45, 7) is 0.146. The normalized spacial score (nSPS) is 14.2. The molecule has 6 nitrogen and oxygen atoms in total. The summed E-state index contributed by atoms with van der Waals surface area (Å²) in [5.74, 6) is -1.21. The maximum absolute atomic E-state index is 12.6. The molecule has 0 aromatic heterocycles. The van der Waals surface area contributed by atoms with Gasteiger partial charge in [-0.1, -0.05) is 78.9 Å². The van der Waals surface area contributed by atoms with Gasteiger partial charge in [-0.2, -0.15) is 0 Å². The fourth-order valence-electron chi connectivity index (χ4n) is 4.26. The highest BCUT2D eigenvalue weighted by atomic mass is 16.5. The van der Waals surface area contributed by atoms with Gasteiger partial charge in [-0.25, -0.2) is 4.79 Å². The first kappa shape index (κ1) is 21.6. The summed E-state index contributed by atoms with van der Waals surface area (Å²) >= 11 is 0. The lowest BCUT2D eigenvalue weighted by atomic mass is 9.98. The molecule has 3 aromatic carbocycles. The number of carbonyl (C=O) groups excluding carboxylic acids is 1. The van der Waals surface area contributed by atoms with Crippen molar-refractivity contribution in [2.24, 2.45) is 0 Å². The molecule has 6 heteroatoms. The van der Waals surface area contributed by atoms with Crippen LogP contribution in [-0.2, 0) is 16.0 Å². The van der Waals surface area contributed by atoms with Crippen molar-refractivity contribution in [2.45, 2.75) is 30.9 Å². The molecule has 0 saturated carbocycles. The van der Waals surface area contributed by atoms with Gasteiger partial charge in [-0.05, 0) is 34.2 Å². The molecule has 0 heterocycles. The Hall–Kier alpha value is -3.64.